The van der Waals surface area contributed by atoms with Crippen molar-refractivity contribution in [3.63, 3.8) is 0 Å². The second kappa shape index (κ2) is 8.52. The van der Waals surface area contributed by atoms with Crippen LogP contribution >= 0.6 is 0 Å². The van der Waals surface area contributed by atoms with Gasteiger partial charge < -0.3 is 4.52 Å². The van der Waals surface area contributed by atoms with E-state index >= 15 is 0 Å². The lowest BCUT2D eigenvalue weighted by atomic mass is 10.0. The molecule has 0 bridgehead atoms. The van der Waals surface area contributed by atoms with Gasteiger partial charge in [0.2, 0.25) is 5.91 Å². The van der Waals surface area contributed by atoms with Crippen LogP contribution in [0.2, 0.25) is 0 Å². The Hall–Kier alpha value is -3.07. The largest absolute Gasteiger partial charge is 0.363 e. The molecule has 6 nitrogen and oxygen atoms in total. The molecule has 0 aliphatic carbocycles. The number of benzene rings is 2. The van der Waals surface area contributed by atoms with Crippen molar-refractivity contribution >= 4 is 15.9 Å². The zero-order valence-electron chi connectivity index (χ0n) is 15.4. The number of hydrogen-bond acceptors (Lipinski definition) is 5. The van der Waals surface area contributed by atoms with Crippen molar-refractivity contribution in [2.45, 2.75) is 31.1 Å². The Bertz CT molecular complexity index is 1110. The average molecular weight is 420 g/mol. The molecular formula is C20H18F2N2O4S. The SMILES string of the molecule is CCCC(=O)NS(=O)(=O)c1ccc(-c2conc2-c2cccc(C(F)F)c2)cc1. The molecule has 0 aliphatic heterocycles. The third-order valence-electron chi connectivity index (χ3n) is 4.18. The van der Waals surface area contributed by atoms with E-state index in [2.05, 4.69) is 5.16 Å². The van der Waals surface area contributed by atoms with Crippen molar-refractivity contribution in [1.82, 2.24) is 9.88 Å². The quantitative estimate of drug-likeness (QED) is 0.606. The number of carbonyl (C=O) groups is 1. The number of amides is 1. The van der Waals surface area contributed by atoms with Crippen LogP contribution in [0.5, 0.6) is 0 Å². The van der Waals surface area contributed by atoms with E-state index in [1.807, 2.05) is 4.72 Å². The molecule has 2 aromatic carbocycles. The Morgan fingerprint density at radius 3 is 2.52 bits per heavy atom. The number of aromatic nitrogens is 1. The number of alkyl halides is 2. The van der Waals surface area contributed by atoms with Gasteiger partial charge in [-0.05, 0) is 30.2 Å². The van der Waals surface area contributed by atoms with E-state index in [1.54, 1.807) is 13.0 Å². The highest BCUT2D eigenvalue weighted by Gasteiger charge is 2.19. The lowest BCUT2D eigenvalue weighted by Gasteiger charge is -2.08. The second-order valence-corrected chi connectivity index (χ2v) is 7.99. The minimum atomic E-state index is -3.97. The van der Waals surface area contributed by atoms with Gasteiger partial charge in [-0.25, -0.2) is 21.9 Å². The molecule has 29 heavy (non-hydrogen) atoms. The molecule has 0 atom stereocenters. The van der Waals surface area contributed by atoms with Crippen LogP contribution in [-0.4, -0.2) is 19.5 Å². The molecule has 1 heterocycles. The number of sulfonamides is 1. The number of nitrogens with one attached hydrogen (secondary N) is 1. The Morgan fingerprint density at radius 1 is 1.14 bits per heavy atom. The maximum Gasteiger partial charge on any atom is 0.264 e. The molecule has 1 N–H and O–H groups in total. The lowest BCUT2D eigenvalue weighted by Crippen LogP contribution is -2.30. The molecule has 3 aromatic rings. The fraction of sp³-hybridized carbons (Fsp3) is 0.200. The summed E-state index contributed by atoms with van der Waals surface area (Å²) in [6.07, 6.45) is -0.614. The van der Waals surface area contributed by atoms with Gasteiger partial charge in [0.1, 0.15) is 12.0 Å². The van der Waals surface area contributed by atoms with E-state index in [9.17, 15) is 22.0 Å². The summed E-state index contributed by atoms with van der Waals surface area (Å²) >= 11 is 0. The Morgan fingerprint density at radius 2 is 1.86 bits per heavy atom. The highest BCUT2D eigenvalue weighted by atomic mass is 32.2. The predicted molar refractivity (Wildman–Crippen MR) is 103 cm³/mol. The number of carbonyl (C=O) groups excluding carboxylic acids is 1. The van der Waals surface area contributed by atoms with Gasteiger partial charge in [-0.2, -0.15) is 0 Å². The van der Waals surface area contributed by atoms with Crippen LogP contribution < -0.4 is 4.72 Å². The van der Waals surface area contributed by atoms with E-state index in [-0.39, 0.29) is 16.9 Å². The molecule has 0 fully saturated rings. The zero-order chi connectivity index (χ0) is 21.0. The zero-order valence-corrected chi connectivity index (χ0v) is 16.2. The van der Waals surface area contributed by atoms with Gasteiger partial charge in [-0.3, -0.25) is 4.79 Å². The van der Waals surface area contributed by atoms with Gasteiger partial charge in [0.05, 0.1) is 4.90 Å². The van der Waals surface area contributed by atoms with Crippen molar-refractivity contribution in [2.75, 3.05) is 0 Å². The van der Waals surface area contributed by atoms with E-state index in [0.717, 1.165) is 0 Å². The molecule has 0 unspecified atom stereocenters. The maximum atomic E-state index is 13.0. The molecule has 152 valence electrons. The van der Waals surface area contributed by atoms with Gasteiger partial charge in [0.25, 0.3) is 16.4 Å². The smallest absolute Gasteiger partial charge is 0.264 e. The summed E-state index contributed by atoms with van der Waals surface area (Å²) in [7, 11) is -3.97. The van der Waals surface area contributed by atoms with Crippen LogP contribution in [0.4, 0.5) is 8.78 Å². The average Bonchev–Trinajstić information content (AvgIpc) is 3.18. The Labute approximate surface area is 166 Å². The van der Waals surface area contributed by atoms with Crippen LogP contribution in [0, 0.1) is 0 Å². The first-order chi connectivity index (χ1) is 13.8. The summed E-state index contributed by atoms with van der Waals surface area (Å²) in [6.45, 7) is 1.77. The van der Waals surface area contributed by atoms with Gasteiger partial charge >= 0.3 is 0 Å². The summed E-state index contributed by atoms with van der Waals surface area (Å²) in [5.74, 6) is -0.572. The van der Waals surface area contributed by atoms with Gasteiger partial charge in [0.15, 0.2) is 0 Å². The summed E-state index contributed by atoms with van der Waals surface area (Å²) in [6, 6.07) is 11.6. The first kappa shape index (κ1) is 20.7. The monoisotopic (exact) mass is 420 g/mol. The fourth-order valence-electron chi connectivity index (χ4n) is 2.77. The molecule has 1 aromatic heterocycles. The number of halogens is 2. The molecule has 0 spiro atoms. The lowest BCUT2D eigenvalue weighted by molar-refractivity contribution is -0.119. The Kier molecular flexibility index (Phi) is 6.07. The standard InChI is InChI=1S/C20H18F2N2O4S/c1-2-4-18(25)24-29(26,27)16-9-7-13(8-10-16)17-12-28-23-19(17)14-5-3-6-15(11-14)20(21)22/h3,5-12,20H,2,4H2,1H3,(H,24,25). The topological polar surface area (TPSA) is 89.3 Å². The van der Waals surface area contributed by atoms with Crippen molar-refractivity contribution in [2.24, 2.45) is 0 Å². The first-order valence-corrected chi connectivity index (χ1v) is 10.3. The summed E-state index contributed by atoms with van der Waals surface area (Å²) in [5.41, 5.74) is 1.79. The second-order valence-electron chi connectivity index (χ2n) is 6.31. The van der Waals surface area contributed by atoms with Gasteiger partial charge in [-0.1, -0.05) is 42.4 Å². The number of hydrogen-bond donors (Lipinski definition) is 1. The van der Waals surface area contributed by atoms with E-state index < -0.39 is 22.4 Å². The molecule has 0 aliphatic rings. The van der Waals surface area contributed by atoms with E-state index in [1.165, 1.54) is 48.7 Å². The van der Waals surface area contributed by atoms with Crippen molar-refractivity contribution in [3.05, 3.63) is 60.4 Å². The molecular weight excluding hydrogens is 402 g/mol. The highest BCUT2D eigenvalue weighted by Crippen LogP contribution is 2.33. The molecule has 0 radical (unpaired) electrons. The number of rotatable bonds is 7. The molecule has 0 saturated carbocycles. The normalized spacial score (nSPS) is 11.6. The van der Waals surface area contributed by atoms with Crippen LogP contribution in [0.15, 0.2) is 64.2 Å². The van der Waals surface area contributed by atoms with Crippen LogP contribution in [0.1, 0.15) is 31.8 Å². The van der Waals surface area contributed by atoms with Crippen molar-refractivity contribution in [1.29, 1.82) is 0 Å². The van der Waals surface area contributed by atoms with E-state index in [4.69, 9.17) is 4.52 Å². The van der Waals surface area contributed by atoms with Gasteiger partial charge in [-0.15, -0.1) is 0 Å². The third-order valence-corrected chi connectivity index (χ3v) is 5.57. The molecule has 0 saturated heterocycles. The van der Waals surface area contributed by atoms with Crippen LogP contribution in [0.3, 0.4) is 0 Å². The van der Waals surface area contributed by atoms with Crippen molar-refractivity contribution < 1.29 is 26.5 Å². The molecule has 3 rings (SSSR count). The minimum Gasteiger partial charge on any atom is -0.363 e. The number of nitrogens with zero attached hydrogens (tertiary/aromatic N) is 1. The van der Waals surface area contributed by atoms with E-state index in [0.29, 0.717) is 28.8 Å². The predicted octanol–water partition coefficient (Wildman–Crippen LogP) is 4.55. The summed E-state index contributed by atoms with van der Waals surface area (Å²) in [4.78, 5) is 11.5. The van der Waals surface area contributed by atoms with Crippen molar-refractivity contribution in [3.8, 4) is 22.4 Å². The third kappa shape index (κ3) is 4.68. The minimum absolute atomic E-state index is 0.0663. The summed E-state index contributed by atoms with van der Waals surface area (Å²) in [5, 5.41) is 3.90. The Balaban J connectivity index is 1.90. The summed E-state index contributed by atoms with van der Waals surface area (Å²) < 4.78 is 57.5. The molecule has 1 amide bonds. The van der Waals surface area contributed by atoms with Crippen LogP contribution in [-0.2, 0) is 14.8 Å². The highest BCUT2D eigenvalue weighted by molar-refractivity contribution is 7.90. The fourth-order valence-corrected chi connectivity index (χ4v) is 3.79. The van der Waals surface area contributed by atoms with Gasteiger partial charge in [0, 0.05) is 23.1 Å². The molecule has 9 heteroatoms. The first-order valence-electron chi connectivity index (χ1n) is 8.80. The maximum absolute atomic E-state index is 13.0. The van der Waals surface area contributed by atoms with Crippen LogP contribution in [0.25, 0.3) is 22.4 Å².